The molecule has 0 radical (unpaired) electrons. The van der Waals surface area contributed by atoms with Gasteiger partial charge >= 0.3 is 0 Å². The molecule has 0 atom stereocenters. The zero-order valence-corrected chi connectivity index (χ0v) is 17.4. The van der Waals surface area contributed by atoms with Crippen LogP contribution in [0.1, 0.15) is 64.9 Å². The number of methoxy groups -OCH3 is 1. The number of rotatable bonds is 5. The summed E-state index contributed by atoms with van der Waals surface area (Å²) in [7, 11) is 1.71. The number of carbonyl (C=O) groups is 1. The van der Waals surface area contributed by atoms with Gasteiger partial charge in [0.15, 0.2) is 0 Å². The third-order valence-corrected chi connectivity index (χ3v) is 6.35. The molecule has 4 heteroatoms. The second-order valence-electron chi connectivity index (χ2n) is 9.86. The molecule has 1 saturated carbocycles. The molecule has 27 heavy (non-hydrogen) atoms. The maximum absolute atomic E-state index is 13.3. The Hall–Kier alpha value is -1.39. The molecule has 1 spiro atoms. The summed E-state index contributed by atoms with van der Waals surface area (Å²) in [6.07, 6.45) is 5.68. The summed E-state index contributed by atoms with van der Waals surface area (Å²) in [4.78, 5) is 15.2. The molecule has 0 bridgehead atoms. The highest BCUT2D eigenvalue weighted by Crippen LogP contribution is 2.50. The molecule has 1 saturated heterocycles. The maximum atomic E-state index is 13.3. The van der Waals surface area contributed by atoms with E-state index in [4.69, 9.17) is 4.74 Å². The van der Waals surface area contributed by atoms with Gasteiger partial charge < -0.3 is 14.7 Å². The molecule has 2 fully saturated rings. The Balaban J connectivity index is 1.65. The number of carbonyl (C=O) groups excluding carboxylic acids is 1. The lowest BCUT2D eigenvalue weighted by Gasteiger charge is -2.43. The van der Waals surface area contributed by atoms with Gasteiger partial charge in [-0.15, -0.1) is 0 Å². The Morgan fingerprint density at radius 2 is 1.70 bits per heavy atom. The Morgan fingerprint density at radius 3 is 2.26 bits per heavy atom. The summed E-state index contributed by atoms with van der Waals surface area (Å²) < 4.78 is 5.13. The van der Waals surface area contributed by atoms with Crippen molar-refractivity contribution in [3.63, 3.8) is 0 Å². The average molecular weight is 374 g/mol. The van der Waals surface area contributed by atoms with E-state index in [2.05, 4.69) is 45.0 Å². The van der Waals surface area contributed by atoms with Gasteiger partial charge in [0.25, 0.3) is 0 Å². The van der Waals surface area contributed by atoms with E-state index in [-0.39, 0.29) is 16.7 Å². The van der Waals surface area contributed by atoms with Crippen molar-refractivity contribution in [2.75, 3.05) is 25.2 Å². The third-order valence-electron chi connectivity index (χ3n) is 6.35. The molecule has 1 N–H and O–H groups in total. The standard InChI is InChI=1S/C23H35NO3/c1-21(2,3)17-23(26)12-10-22(11-13-23)14-15-24(20(22)25)19-7-5-18(6-8-19)9-16-27-4/h5-8,26H,9-17H2,1-4H3. The molecular formula is C23H35NO3. The van der Waals surface area contributed by atoms with Crippen molar-refractivity contribution in [2.24, 2.45) is 10.8 Å². The van der Waals surface area contributed by atoms with E-state index in [9.17, 15) is 9.90 Å². The minimum Gasteiger partial charge on any atom is -0.390 e. The minimum absolute atomic E-state index is 0.107. The molecule has 1 amide bonds. The van der Waals surface area contributed by atoms with Crippen molar-refractivity contribution in [3.05, 3.63) is 29.8 Å². The summed E-state index contributed by atoms with van der Waals surface area (Å²) in [5.74, 6) is 0.255. The molecule has 150 valence electrons. The number of hydrogen-bond donors (Lipinski definition) is 1. The van der Waals surface area contributed by atoms with E-state index in [1.807, 2.05) is 4.90 Å². The molecule has 1 aliphatic heterocycles. The maximum Gasteiger partial charge on any atom is 0.233 e. The Labute approximate surface area is 163 Å². The van der Waals surface area contributed by atoms with Crippen molar-refractivity contribution < 1.29 is 14.6 Å². The molecule has 1 aromatic rings. The highest BCUT2D eigenvalue weighted by atomic mass is 16.5. The van der Waals surface area contributed by atoms with Crippen LogP contribution < -0.4 is 4.90 Å². The lowest BCUT2D eigenvalue weighted by Crippen LogP contribution is -2.45. The first-order valence-electron chi connectivity index (χ1n) is 10.3. The highest BCUT2D eigenvalue weighted by Gasteiger charge is 2.51. The van der Waals surface area contributed by atoms with Gasteiger partial charge in [0, 0.05) is 19.3 Å². The summed E-state index contributed by atoms with van der Waals surface area (Å²) in [6, 6.07) is 8.30. The smallest absolute Gasteiger partial charge is 0.233 e. The van der Waals surface area contributed by atoms with E-state index >= 15 is 0 Å². The van der Waals surface area contributed by atoms with Gasteiger partial charge in [0.1, 0.15) is 0 Å². The Kier molecular flexibility index (Phi) is 5.69. The predicted octanol–water partition coefficient (Wildman–Crippen LogP) is 4.34. The van der Waals surface area contributed by atoms with Crippen molar-refractivity contribution in [3.8, 4) is 0 Å². The van der Waals surface area contributed by atoms with Gasteiger partial charge in [-0.1, -0.05) is 32.9 Å². The summed E-state index contributed by atoms with van der Waals surface area (Å²) in [5.41, 5.74) is 1.45. The first kappa shape index (κ1) is 20.3. The minimum atomic E-state index is -0.611. The van der Waals surface area contributed by atoms with Gasteiger partial charge in [0.2, 0.25) is 5.91 Å². The van der Waals surface area contributed by atoms with Crippen LogP contribution in [0.25, 0.3) is 0 Å². The predicted molar refractivity (Wildman–Crippen MR) is 109 cm³/mol. The fourth-order valence-electron chi connectivity index (χ4n) is 4.95. The lowest BCUT2D eigenvalue weighted by molar-refractivity contribution is -0.131. The molecule has 1 aromatic carbocycles. The van der Waals surface area contributed by atoms with E-state index in [1.54, 1.807) is 7.11 Å². The summed E-state index contributed by atoms with van der Waals surface area (Å²) in [6.45, 7) is 8.02. The number of ether oxygens (including phenoxy) is 1. The molecule has 0 unspecified atom stereocenters. The first-order valence-corrected chi connectivity index (χ1v) is 10.3. The van der Waals surface area contributed by atoms with Crippen LogP contribution in [-0.4, -0.2) is 36.9 Å². The van der Waals surface area contributed by atoms with Gasteiger partial charge in [-0.3, -0.25) is 4.79 Å². The quantitative estimate of drug-likeness (QED) is 0.835. The van der Waals surface area contributed by atoms with Crippen LogP contribution in [0.3, 0.4) is 0 Å². The second-order valence-corrected chi connectivity index (χ2v) is 9.86. The topological polar surface area (TPSA) is 49.8 Å². The first-order chi connectivity index (χ1) is 12.7. The number of aliphatic hydroxyl groups is 1. The van der Waals surface area contributed by atoms with E-state index in [1.165, 1.54) is 5.56 Å². The normalized spacial score (nSPS) is 28.9. The molecule has 0 aromatic heterocycles. The van der Waals surface area contributed by atoms with Crippen LogP contribution in [0.2, 0.25) is 0 Å². The van der Waals surface area contributed by atoms with Crippen LogP contribution in [0, 0.1) is 10.8 Å². The molecule has 1 aliphatic carbocycles. The molecule has 1 heterocycles. The molecule has 2 aliphatic rings. The summed E-state index contributed by atoms with van der Waals surface area (Å²) >= 11 is 0. The van der Waals surface area contributed by atoms with Crippen LogP contribution in [0.15, 0.2) is 24.3 Å². The van der Waals surface area contributed by atoms with Crippen LogP contribution >= 0.6 is 0 Å². The number of anilines is 1. The van der Waals surface area contributed by atoms with Gasteiger partial charge in [-0.05, 0) is 68.1 Å². The monoisotopic (exact) mass is 373 g/mol. The van der Waals surface area contributed by atoms with Crippen LogP contribution in [0.4, 0.5) is 5.69 Å². The van der Waals surface area contributed by atoms with E-state index in [0.29, 0.717) is 6.61 Å². The van der Waals surface area contributed by atoms with Gasteiger partial charge in [-0.2, -0.15) is 0 Å². The number of benzene rings is 1. The largest absolute Gasteiger partial charge is 0.390 e. The second kappa shape index (κ2) is 7.56. The Morgan fingerprint density at radius 1 is 1.07 bits per heavy atom. The van der Waals surface area contributed by atoms with E-state index < -0.39 is 5.60 Å². The van der Waals surface area contributed by atoms with Crippen LogP contribution in [-0.2, 0) is 16.0 Å². The summed E-state index contributed by atoms with van der Waals surface area (Å²) in [5, 5.41) is 11.0. The molecule has 3 rings (SSSR count). The highest BCUT2D eigenvalue weighted by molar-refractivity contribution is 6.00. The number of nitrogens with zero attached hydrogens (tertiary/aromatic N) is 1. The molecular weight excluding hydrogens is 338 g/mol. The third kappa shape index (κ3) is 4.55. The molecule has 4 nitrogen and oxygen atoms in total. The van der Waals surface area contributed by atoms with Crippen molar-refractivity contribution >= 4 is 11.6 Å². The van der Waals surface area contributed by atoms with Crippen LogP contribution in [0.5, 0.6) is 0 Å². The zero-order valence-electron chi connectivity index (χ0n) is 17.4. The van der Waals surface area contributed by atoms with Gasteiger partial charge in [-0.25, -0.2) is 0 Å². The lowest BCUT2D eigenvalue weighted by atomic mass is 9.64. The number of hydrogen-bond acceptors (Lipinski definition) is 3. The number of amides is 1. The Bertz CT molecular complexity index is 651. The van der Waals surface area contributed by atoms with E-state index in [0.717, 1.165) is 57.2 Å². The SMILES string of the molecule is COCCc1ccc(N2CCC3(CCC(O)(CC(C)(C)C)CC3)C2=O)cc1. The zero-order chi connectivity index (χ0) is 19.7. The van der Waals surface area contributed by atoms with Crippen molar-refractivity contribution in [2.45, 2.75) is 71.3 Å². The van der Waals surface area contributed by atoms with Gasteiger partial charge in [0.05, 0.1) is 17.6 Å². The van der Waals surface area contributed by atoms with Crippen molar-refractivity contribution in [1.82, 2.24) is 0 Å². The average Bonchev–Trinajstić information content (AvgIpc) is 2.92. The van der Waals surface area contributed by atoms with Crippen molar-refractivity contribution in [1.29, 1.82) is 0 Å². The fourth-order valence-corrected chi connectivity index (χ4v) is 4.95. The fraction of sp³-hybridized carbons (Fsp3) is 0.696.